The molecule has 0 fully saturated rings. The third-order valence-electron chi connectivity index (χ3n) is 5.77. The molecule has 0 aliphatic heterocycles. The SMILES string of the molecule is CNCC(C)(C)C(O)C(=O)N/C(C=O)=C(\C)N(C)N(C)c1ccccc1.COc1ccc(Cl)cc1C=O. The molecule has 2 rings (SSSR count). The molecule has 2 aromatic carbocycles. The zero-order valence-corrected chi connectivity index (χ0v) is 23.2. The van der Waals surface area contributed by atoms with Crippen molar-refractivity contribution in [3.8, 4) is 5.75 Å². The number of halogens is 1. The van der Waals surface area contributed by atoms with Crippen molar-refractivity contribution in [3.63, 3.8) is 0 Å². The number of carbonyl (C=O) groups excluding carboxylic acids is 3. The third-order valence-corrected chi connectivity index (χ3v) is 6.01. The first-order chi connectivity index (χ1) is 17.4. The van der Waals surface area contributed by atoms with Gasteiger partial charge in [0.1, 0.15) is 17.6 Å². The maximum Gasteiger partial charge on any atom is 0.253 e. The van der Waals surface area contributed by atoms with Gasteiger partial charge in [-0.15, -0.1) is 0 Å². The minimum atomic E-state index is -1.25. The van der Waals surface area contributed by atoms with Crippen LogP contribution in [0.25, 0.3) is 0 Å². The van der Waals surface area contributed by atoms with Crippen molar-refractivity contribution in [2.24, 2.45) is 5.41 Å². The van der Waals surface area contributed by atoms with E-state index in [1.165, 1.54) is 7.11 Å². The summed E-state index contributed by atoms with van der Waals surface area (Å²) in [6, 6.07) is 14.5. The van der Waals surface area contributed by atoms with Crippen LogP contribution in [-0.2, 0) is 9.59 Å². The van der Waals surface area contributed by atoms with Gasteiger partial charge in [-0.2, -0.15) is 0 Å². The summed E-state index contributed by atoms with van der Waals surface area (Å²) in [5.41, 5.74) is 1.40. The molecule has 0 radical (unpaired) electrons. The van der Waals surface area contributed by atoms with Gasteiger partial charge >= 0.3 is 0 Å². The van der Waals surface area contributed by atoms with Crippen LogP contribution < -0.4 is 20.4 Å². The van der Waals surface area contributed by atoms with Crippen LogP contribution in [0.1, 0.15) is 31.1 Å². The number of methoxy groups -OCH3 is 1. The van der Waals surface area contributed by atoms with Crippen LogP contribution in [0.5, 0.6) is 5.75 Å². The molecule has 0 saturated carbocycles. The van der Waals surface area contributed by atoms with Gasteiger partial charge in [0, 0.05) is 31.1 Å². The van der Waals surface area contributed by atoms with Crippen LogP contribution >= 0.6 is 11.6 Å². The van der Waals surface area contributed by atoms with Gasteiger partial charge in [0.15, 0.2) is 12.6 Å². The quantitative estimate of drug-likeness (QED) is 0.230. The van der Waals surface area contributed by atoms with Crippen molar-refractivity contribution in [3.05, 3.63) is 70.5 Å². The number of amides is 1. The van der Waals surface area contributed by atoms with E-state index in [4.69, 9.17) is 16.3 Å². The Bertz CT molecular complexity index is 1080. The van der Waals surface area contributed by atoms with Gasteiger partial charge in [0.05, 0.1) is 24.1 Å². The molecule has 10 heteroatoms. The van der Waals surface area contributed by atoms with E-state index in [1.807, 2.05) is 42.4 Å². The molecular weight excluding hydrogens is 496 g/mol. The number of ether oxygens (including phenoxy) is 1. The predicted octanol–water partition coefficient (Wildman–Crippen LogP) is 3.28. The lowest BCUT2D eigenvalue weighted by molar-refractivity contribution is -0.134. The first-order valence-electron chi connectivity index (χ1n) is 11.5. The van der Waals surface area contributed by atoms with Crippen molar-refractivity contribution < 1.29 is 24.2 Å². The smallest absolute Gasteiger partial charge is 0.253 e. The van der Waals surface area contributed by atoms with Crippen LogP contribution in [-0.4, -0.2) is 69.5 Å². The number of benzene rings is 2. The van der Waals surface area contributed by atoms with Gasteiger partial charge in [-0.3, -0.25) is 24.4 Å². The molecule has 202 valence electrons. The van der Waals surface area contributed by atoms with Gasteiger partial charge in [0.25, 0.3) is 5.91 Å². The van der Waals surface area contributed by atoms with E-state index in [0.717, 1.165) is 5.69 Å². The molecule has 0 spiro atoms. The monoisotopic (exact) mass is 532 g/mol. The zero-order chi connectivity index (χ0) is 28.2. The third kappa shape index (κ3) is 9.20. The van der Waals surface area contributed by atoms with Gasteiger partial charge in [-0.1, -0.05) is 43.6 Å². The zero-order valence-electron chi connectivity index (χ0n) is 22.4. The fraction of sp³-hybridized carbons (Fsp3) is 0.370. The molecule has 0 aromatic heterocycles. The normalized spacial score (nSPS) is 12.2. The highest BCUT2D eigenvalue weighted by Crippen LogP contribution is 2.22. The molecule has 0 saturated heterocycles. The number of para-hydroxylation sites is 1. The number of hydrazine groups is 1. The highest BCUT2D eigenvalue weighted by molar-refractivity contribution is 6.30. The van der Waals surface area contributed by atoms with Crippen LogP contribution in [0.15, 0.2) is 59.9 Å². The van der Waals surface area contributed by atoms with Crippen LogP contribution in [0.4, 0.5) is 5.69 Å². The number of aldehydes is 2. The lowest BCUT2D eigenvalue weighted by Crippen LogP contribution is -2.48. The average Bonchev–Trinajstić information content (AvgIpc) is 2.90. The lowest BCUT2D eigenvalue weighted by Gasteiger charge is -2.34. The van der Waals surface area contributed by atoms with E-state index in [-0.39, 0.29) is 5.70 Å². The number of rotatable bonds is 11. The summed E-state index contributed by atoms with van der Waals surface area (Å²) in [6.07, 6.45) is 0.0419. The van der Waals surface area contributed by atoms with Crippen LogP contribution in [0.2, 0.25) is 5.02 Å². The second-order valence-corrected chi connectivity index (χ2v) is 9.35. The molecule has 3 N–H and O–H groups in total. The molecule has 1 atom stereocenters. The van der Waals surface area contributed by atoms with Crippen molar-refractivity contribution >= 4 is 35.8 Å². The number of nitrogens with zero attached hydrogens (tertiary/aromatic N) is 2. The summed E-state index contributed by atoms with van der Waals surface area (Å²) in [4.78, 5) is 34.3. The molecule has 0 aliphatic rings. The summed E-state index contributed by atoms with van der Waals surface area (Å²) in [7, 11) is 6.91. The van der Waals surface area contributed by atoms with Crippen molar-refractivity contribution in [2.45, 2.75) is 26.9 Å². The number of aliphatic hydroxyl groups is 1. The van der Waals surface area contributed by atoms with E-state index in [0.29, 0.717) is 41.1 Å². The molecule has 0 heterocycles. The molecular formula is C27H37ClN4O5. The topological polar surface area (TPSA) is 111 Å². The molecule has 1 amide bonds. The summed E-state index contributed by atoms with van der Waals surface area (Å²) in [5.74, 6) is -0.0631. The second-order valence-electron chi connectivity index (χ2n) is 8.91. The minimum Gasteiger partial charge on any atom is -0.496 e. The molecule has 2 aromatic rings. The Morgan fingerprint density at radius 2 is 1.78 bits per heavy atom. The van der Waals surface area contributed by atoms with Gasteiger partial charge < -0.3 is 20.5 Å². The fourth-order valence-corrected chi connectivity index (χ4v) is 3.51. The number of anilines is 1. The number of aliphatic hydroxyl groups excluding tert-OH is 1. The van der Waals surface area contributed by atoms with Crippen LogP contribution in [0, 0.1) is 5.41 Å². The van der Waals surface area contributed by atoms with E-state index < -0.39 is 17.4 Å². The Balaban J connectivity index is 0.000000516. The van der Waals surface area contributed by atoms with Crippen LogP contribution in [0.3, 0.4) is 0 Å². The first kappa shape index (κ1) is 31.6. The van der Waals surface area contributed by atoms with Gasteiger partial charge in [-0.05, 0) is 44.3 Å². The Kier molecular flexibility index (Phi) is 12.8. The summed E-state index contributed by atoms with van der Waals surface area (Å²) in [6.45, 7) is 5.74. The Hall–Kier alpha value is -3.40. The van der Waals surface area contributed by atoms with Gasteiger partial charge in [0.2, 0.25) is 0 Å². The fourth-order valence-electron chi connectivity index (χ4n) is 3.33. The Morgan fingerprint density at radius 1 is 1.16 bits per heavy atom. The number of allylic oxidation sites excluding steroid dienone is 2. The number of hydrogen-bond acceptors (Lipinski definition) is 8. The highest BCUT2D eigenvalue weighted by atomic mass is 35.5. The molecule has 0 bridgehead atoms. The largest absolute Gasteiger partial charge is 0.496 e. The highest BCUT2D eigenvalue weighted by Gasteiger charge is 2.33. The van der Waals surface area contributed by atoms with E-state index in [1.54, 1.807) is 58.1 Å². The lowest BCUT2D eigenvalue weighted by atomic mass is 9.86. The van der Waals surface area contributed by atoms with Gasteiger partial charge in [-0.25, -0.2) is 0 Å². The first-order valence-corrected chi connectivity index (χ1v) is 11.9. The maximum atomic E-state index is 12.4. The number of carbonyl (C=O) groups is 3. The van der Waals surface area contributed by atoms with Crippen molar-refractivity contribution in [1.29, 1.82) is 0 Å². The Labute approximate surface area is 224 Å². The second kappa shape index (κ2) is 15.0. The Morgan fingerprint density at radius 3 is 2.30 bits per heavy atom. The summed E-state index contributed by atoms with van der Waals surface area (Å²) >= 11 is 5.64. The van der Waals surface area contributed by atoms with E-state index in [9.17, 15) is 19.5 Å². The van der Waals surface area contributed by atoms with Crippen molar-refractivity contribution in [1.82, 2.24) is 15.6 Å². The molecule has 37 heavy (non-hydrogen) atoms. The molecule has 1 unspecified atom stereocenters. The molecule has 0 aliphatic carbocycles. The van der Waals surface area contributed by atoms with Crippen molar-refractivity contribution in [2.75, 3.05) is 39.8 Å². The minimum absolute atomic E-state index is 0.111. The van der Waals surface area contributed by atoms with E-state index in [2.05, 4.69) is 10.6 Å². The molecule has 9 nitrogen and oxygen atoms in total. The number of hydrogen-bond donors (Lipinski definition) is 3. The summed E-state index contributed by atoms with van der Waals surface area (Å²) in [5, 5.41) is 20.0. The van der Waals surface area contributed by atoms with E-state index >= 15 is 0 Å². The maximum absolute atomic E-state index is 12.4. The standard InChI is InChI=1S/C19H30N4O3.C8H7ClO2/c1-14(22(5)23(6)15-10-8-7-9-11-15)16(12-24)21-18(26)17(25)19(2,3)13-20-4;1-11-8-3-2-7(9)4-6(8)5-10/h7-12,17,20,25H,13H2,1-6H3,(H,21,26);2-5H,1H3/b16-14+;. The predicted molar refractivity (Wildman–Crippen MR) is 147 cm³/mol. The average molecular weight is 533 g/mol. The summed E-state index contributed by atoms with van der Waals surface area (Å²) < 4.78 is 4.90. The number of nitrogens with one attached hydrogen (secondary N) is 2.